The SMILES string of the molecule is O=C1OC(C(=CNc2cc(Cl)cc(Cl)c2)[N+](=O)[O-])c2ccccc21. The van der Waals surface area contributed by atoms with E-state index in [2.05, 4.69) is 5.32 Å². The predicted octanol–water partition coefficient (Wildman–Crippen LogP) is 4.44. The van der Waals surface area contributed by atoms with Gasteiger partial charge in [0.2, 0.25) is 6.10 Å². The number of rotatable bonds is 4. The fourth-order valence-electron chi connectivity index (χ4n) is 2.38. The van der Waals surface area contributed by atoms with Gasteiger partial charge in [-0.15, -0.1) is 0 Å². The number of fused-ring (bicyclic) bond motifs is 1. The van der Waals surface area contributed by atoms with Gasteiger partial charge in [-0.3, -0.25) is 10.1 Å². The minimum atomic E-state index is -1.08. The number of carbonyl (C=O) groups excluding carboxylic acids is 1. The maximum absolute atomic E-state index is 11.8. The van der Waals surface area contributed by atoms with E-state index in [0.717, 1.165) is 0 Å². The normalized spacial score (nSPS) is 16.5. The Labute approximate surface area is 146 Å². The van der Waals surface area contributed by atoms with Gasteiger partial charge in [0.15, 0.2) is 0 Å². The van der Waals surface area contributed by atoms with Gasteiger partial charge in [-0.05, 0) is 24.3 Å². The van der Waals surface area contributed by atoms with Crippen LogP contribution >= 0.6 is 23.2 Å². The third-order valence-corrected chi connectivity index (χ3v) is 3.85. The van der Waals surface area contributed by atoms with E-state index in [4.69, 9.17) is 27.9 Å². The van der Waals surface area contributed by atoms with E-state index >= 15 is 0 Å². The Morgan fingerprint density at radius 1 is 1.21 bits per heavy atom. The molecular weight excluding hydrogens is 355 g/mol. The molecule has 0 saturated carbocycles. The number of halogens is 2. The average molecular weight is 365 g/mol. The average Bonchev–Trinajstić information content (AvgIpc) is 2.84. The molecule has 0 bridgehead atoms. The molecule has 1 aliphatic heterocycles. The van der Waals surface area contributed by atoms with Gasteiger partial charge in [-0.25, -0.2) is 4.79 Å². The van der Waals surface area contributed by atoms with Crippen molar-refractivity contribution >= 4 is 34.9 Å². The van der Waals surface area contributed by atoms with Crippen molar-refractivity contribution in [1.29, 1.82) is 0 Å². The van der Waals surface area contributed by atoms with Crippen LogP contribution in [0.3, 0.4) is 0 Å². The fourth-order valence-corrected chi connectivity index (χ4v) is 2.91. The number of benzene rings is 2. The van der Waals surface area contributed by atoms with Crippen LogP contribution in [0.15, 0.2) is 54.4 Å². The quantitative estimate of drug-likeness (QED) is 0.492. The number of hydrogen-bond acceptors (Lipinski definition) is 5. The van der Waals surface area contributed by atoms with Gasteiger partial charge < -0.3 is 10.1 Å². The topological polar surface area (TPSA) is 81.5 Å². The van der Waals surface area contributed by atoms with Gasteiger partial charge in [0.1, 0.15) is 0 Å². The zero-order valence-electron chi connectivity index (χ0n) is 12.0. The zero-order valence-corrected chi connectivity index (χ0v) is 13.5. The number of anilines is 1. The molecule has 1 N–H and O–H groups in total. The summed E-state index contributed by atoms with van der Waals surface area (Å²) in [6.07, 6.45) is 0.0908. The first-order chi connectivity index (χ1) is 11.5. The molecule has 0 radical (unpaired) electrons. The van der Waals surface area contributed by atoms with Crippen molar-refractivity contribution in [1.82, 2.24) is 0 Å². The van der Waals surface area contributed by atoms with Crippen molar-refractivity contribution in [2.24, 2.45) is 0 Å². The molecule has 0 aromatic heterocycles. The molecule has 1 atom stereocenters. The van der Waals surface area contributed by atoms with E-state index < -0.39 is 17.0 Å². The number of nitrogens with one attached hydrogen (secondary N) is 1. The van der Waals surface area contributed by atoms with Gasteiger partial charge in [-0.1, -0.05) is 41.4 Å². The summed E-state index contributed by atoms with van der Waals surface area (Å²) in [5.74, 6) is -0.589. The molecule has 2 aromatic rings. The molecule has 0 saturated heterocycles. The van der Waals surface area contributed by atoms with Gasteiger partial charge in [0, 0.05) is 21.3 Å². The molecule has 24 heavy (non-hydrogen) atoms. The Morgan fingerprint density at radius 3 is 2.54 bits per heavy atom. The molecule has 0 fully saturated rings. The maximum Gasteiger partial charge on any atom is 0.339 e. The van der Waals surface area contributed by atoms with Crippen LogP contribution in [0.2, 0.25) is 10.0 Å². The molecular formula is C16H10Cl2N2O4. The summed E-state index contributed by atoms with van der Waals surface area (Å²) in [6.45, 7) is 0. The summed E-state index contributed by atoms with van der Waals surface area (Å²) >= 11 is 11.8. The van der Waals surface area contributed by atoms with Crippen LogP contribution in [0.1, 0.15) is 22.0 Å². The first kappa shape index (κ1) is 16.3. The molecule has 0 aliphatic carbocycles. The second-order valence-corrected chi connectivity index (χ2v) is 5.87. The molecule has 8 heteroatoms. The van der Waals surface area contributed by atoms with E-state index in [1.807, 2.05) is 0 Å². The summed E-state index contributed by atoms with van der Waals surface area (Å²) < 4.78 is 5.15. The van der Waals surface area contributed by atoms with Crippen molar-refractivity contribution in [2.75, 3.05) is 5.32 Å². The van der Waals surface area contributed by atoms with Crippen LogP contribution in [-0.4, -0.2) is 10.9 Å². The highest BCUT2D eigenvalue weighted by Crippen LogP contribution is 2.36. The number of cyclic esters (lactones) is 1. The van der Waals surface area contributed by atoms with E-state index in [0.29, 0.717) is 26.9 Å². The van der Waals surface area contributed by atoms with Crippen LogP contribution in [0.25, 0.3) is 0 Å². The summed E-state index contributed by atoms with van der Waals surface area (Å²) in [5.41, 5.74) is 0.950. The van der Waals surface area contributed by atoms with Crippen LogP contribution in [0.4, 0.5) is 5.69 Å². The lowest BCUT2D eigenvalue weighted by atomic mass is 10.0. The third kappa shape index (κ3) is 3.20. The monoisotopic (exact) mass is 364 g/mol. The Bertz CT molecular complexity index is 847. The molecule has 0 spiro atoms. The maximum atomic E-state index is 11.8. The molecule has 1 aliphatic rings. The second-order valence-electron chi connectivity index (χ2n) is 5.00. The molecule has 1 unspecified atom stereocenters. The van der Waals surface area contributed by atoms with Crippen molar-refractivity contribution in [3.8, 4) is 0 Å². The van der Waals surface area contributed by atoms with Gasteiger partial charge in [0.25, 0.3) is 0 Å². The summed E-state index contributed by atoms with van der Waals surface area (Å²) in [5, 5.41) is 15.0. The second kappa shape index (κ2) is 6.51. The van der Waals surface area contributed by atoms with Gasteiger partial charge in [-0.2, -0.15) is 0 Å². The summed E-state index contributed by atoms with van der Waals surface area (Å²) in [4.78, 5) is 22.7. The largest absolute Gasteiger partial charge is 0.442 e. The zero-order chi connectivity index (χ0) is 17.3. The smallest absolute Gasteiger partial charge is 0.339 e. The molecule has 122 valence electrons. The highest BCUT2D eigenvalue weighted by atomic mass is 35.5. The molecule has 6 nitrogen and oxygen atoms in total. The highest BCUT2D eigenvalue weighted by molar-refractivity contribution is 6.35. The number of hydrogen-bond donors (Lipinski definition) is 1. The van der Waals surface area contributed by atoms with Crippen molar-refractivity contribution in [2.45, 2.75) is 6.10 Å². The van der Waals surface area contributed by atoms with Crippen LogP contribution in [-0.2, 0) is 4.74 Å². The van der Waals surface area contributed by atoms with Crippen molar-refractivity contribution in [3.05, 3.63) is 85.6 Å². The molecule has 3 rings (SSSR count). The number of carbonyl (C=O) groups is 1. The van der Waals surface area contributed by atoms with E-state index in [-0.39, 0.29) is 5.70 Å². The Morgan fingerprint density at radius 2 is 1.88 bits per heavy atom. The van der Waals surface area contributed by atoms with Gasteiger partial charge >= 0.3 is 11.7 Å². The third-order valence-electron chi connectivity index (χ3n) is 3.42. The standard InChI is InChI=1S/C16H10Cl2N2O4/c17-9-5-10(18)7-11(6-9)19-8-14(20(22)23)15-12-3-1-2-4-13(12)16(21)24-15/h1-8,15,19H. The Kier molecular flexibility index (Phi) is 4.42. The van der Waals surface area contributed by atoms with Gasteiger partial charge in [0.05, 0.1) is 16.7 Å². The first-order valence-electron chi connectivity index (χ1n) is 6.82. The molecule has 0 amide bonds. The lowest BCUT2D eigenvalue weighted by molar-refractivity contribution is -0.436. The van der Waals surface area contributed by atoms with Crippen LogP contribution in [0, 0.1) is 10.1 Å². The van der Waals surface area contributed by atoms with Crippen LogP contribution < -0.4 is 5.32 Å². The molecule has 1 heterocycles. The molecule has 2 aromatic carbocycles. The number of nitrogens with zero attached hydrogens (tertiary/aromatic N) is 1. The fraction of sp³-hybridized carbons (Fsp3) is 0.0625. The highest BCUT2D eigenvalue weighted by Gasteiger charge is 2.39. The van der Waals surface area contributed by atoms with E-state index in [9.17, 15) is 14.9 Å². The van der Waals surface area contributed by atoms with E-state index in [1.54, 1.807) is 42.5 Å². The minimum Gasteiger partial charge on any atom is -0.442 e. The number of nitro groups is 1. The number of esters is 1. The van der Waals surface area contributed by atoms with Crippen molar-refractivity contribution < 1.29 is 14.5 Å². The lowest BCUT2D eigenvalue weighted by Crippen LogP contribution is -2.12. The number of ether oxygens (including phenoxy) is 1. The van der Waals surface area contributed by atoms with Crippen LogP contribution in [0.5, 0.6) is 0 Å². The lowest BCUT2D eigenvalue weighted by Gasteiger charge is -2.09. The first-order valence-corrected chi connectivity index (χ1v) is 7.58. The predicted molar refractivity (Wildman–Crippen MR) is 89.8 cm³/mol. The summed E-state index contributed by atoms with van der Waals surface area (Å²) in [6, 6.07) is 11.2. The minimum absolute atomic E-state index is 0.301. The summed E-state index contributed by atoms with van der Waals surface area (Å²) in [7, 11) is 0. The Balaban J connectivity index is 1.94. The van der Waals surface area contributed by atoms with Crippen molar-refractivity contribution in [3.63, 3.8) is 0 Å². The Hall–Kier alpha value is -2.57. The van der Waals surface area contributed by atoms with E-state index in [1.165, 1.54) is 6.20 Å².